The summed E-state index contributed by atoms with van der Waals surface area (Å²) in [5, 5.41) is 0. The lowest BCUT2D eigenvalue weighted by atomic mass is 10.0. The van der Waals surface area contributed by atoms with Gasteiger partial charge in [-0.15, -0.1) is 0 Å². The van der Waals surface area contributed by atoms with Crippen molar-refractivity contribution in [2.75, 3.05) is 11.4 Å². The van der Waals surface area contributed by atoms with E-state index in [4.69, 9.17) is 5.73 Å². The number of halogens is 1. The van der Waals surface area contributed by atoms with E-state index in [9.17, 15) is 4.39 Å². The van der Waals surface area contributed by atoms with Gasteiger partial charge in [-0.05, 0) is 48.6 Å². The molecule has 0 aliphatic carbocycles. The second-order valence-corrected chi connectivity index (χ2v) is 5.69. The van der Waals surface area contributed by atoms with Crippen molar-refractivity contribution in [1.82, 2.24) is 0 Å². The highest BCUT2D eigenvalue weighted by molar-refractivity contribution is 5.70. The van der Waals surface area contributed by atoms with E-state index in [1.165, 1.54) is 5.56 Å². The van der Waals surface area contributed by atoms with Gasteiger partial charge in [0.15, 0.2) is 0 Å². The summed E-state index contributed by atoms with van der Waals surface area (Å²) in [6, 6.07) is 13.8. The zero-order chi connectivity index (χ0) is 14.8. The van der Waals surface area contributed by atoms with E-state index in [0.717, 1.165) is 37.1 Å². The second-order valence-electron chi connectivity index (χ2n) is 5.69. The van der Waals surface area contributed by atoms with Crippen LogP contribution in [0.5, 0.6) is 0 Å². The molecule has 1 unspecified atom stereocenters. The molecule has 21 heavy (non-hydrogen) atoms. The maximum Gasteiger partial charge on any atom is 0.147 e. The molecular formula is C18H21FN2. The van der Waals surface area contributed by atoms with Gasteiger partial charge in [0.1, 0.15) is 5.82 Å². The highest BCUT2D eigenvalue weighted by atomic mass is 19.1. The minimum atomic E-state index is -0.160. The summed E-state index contributed by atoms with van der Waals surface area (Å²) in [7, 11) is 0. The molecule has 0 radical (unpaired) electrons. The van der Waals surface area contributed by atoms with Crippen LogP contribution in [-0.4, -0.2) is 12.6 Å². The fourth-order valence-electron chi connectivity index (χ4n) is 2.93. The summed E-state index contributed by atoms with van der Waals surface area (Å²) in [4.78, 5) is 2.06. The molecule has 1 aliphatic heterocycles. The van der Waals surface area contributed by atoms with E-state index in [1.54, 1.807) is 6.07 Å². The Bertz CT molecular complexity index is 639. The smallest absolute Gasteiger partial charge is 0.147 e. The number of nitrogens with two attached hydrogens (primary N) is 1. The molecule has 3 rings (SSSR count). The van der Waals surface area contributed by atoms with Crippen LogP contribution in [-0.2, 0) is 12.8 Å². The highest BCUT2D eigenvalue weighted by Gasteiger charge is 2.22. The Labute approximate surface area is 125 Å². The van der Waals surface area contributed by atoms with Crippen molar-refractivity contribution < 1.29 is 4.39 Å². The van der Waals surface area contributed by atoms with Crippen LogP contribution in [0.4, 0.5) is 15.8 Å². The fourth-order valence-corrected chi connectivity index (χ4v) is 2.93. The Morgan fingerprint density at radius 2 is 2.00 bits per heavy atom. The van der Waals surface area contributed by atoms with E-state index in [0.29, 0.717) is 5.69 Å². The molecule has 1 heterocycles. The van der Waals surface area contributed by atoms with E-state index >= 15 is 0 Å². The molecule has 0 amide bonds. The Hall–Kier alpha value is -1.87. The molecule has 0 saturated carbocycles. The van der Waals surface area contributed by atoms with Gasteiger partial charge >= 0.3 is 0 Å². The predicted molar refractivity (Wildman–Crippen MR) is 85.5 cm³/mol. The average molecular weight is 284 g/mol. The third kappa shape index (κ3) is 2.79. The minimum Gasteiger partial charge on any atom is -0.339 e. The van der Waals surface area contributed by atoms with Gasteiger partial charge in [0, 0.05) is 18.3 Å². The number of hydrogen-bond acceptors (Lipinski definition) is 2. The van der Waals surface area contributed by atoms with Crippen LogP contribution in [0.2, 0.25) is 0 Å². The first-order chi connectivity index (χ1) is 10.2. The maximum absolute atomic E-state index is 14.5. The van der Waals surface area contributed by atoms with Crippen LogP contribution >= 0.6 is 0 Å². The van der Waals surface area contributed by atoms with E-state index < -0.39 is 0 Å². The molecule has 0 fully saturated rings. The molecule has 0 aromatic heterocycles. The monoisotopic (exact) mass is 284 g/mol. The van der Waals surface area contributed by atoms with Crippen LogP contribution < -0.4 is 10.6 Å². The van der Waals surface area contributed by atoms with Crippen LogP contribution in [0.15, 0.2) is 42.5 Å². The Morgan fingerprint density at radius 3 is 2.76 bits per heavy atom. The molecular weight excluding hydrogens is 263 g/mol. The summed E-state index contributed by atoms with van der Waals surface area (Å²) < 4.78 is 14.5. The number of hydrogen-bond donors (Lipinski definition) is 1. The van der Waals surface area contributed by atoms with Crippen molar-refractivity contribution in [3.05, 3.63) is 59.4 Å². The normalized spacial score (nSPS) is 15.1. The van der Waals surface area contributed by atoms with Crippen LogP contribution in [0.25, 0.3) is 0 Å². The molecule has 2 aromatic rings. The van der Waals surface area contributed by atoms with Gasteiger partial charge in [-0.2, -0.15) is 0 Å². The Kier molecular flexibility index (Phi) is 3.93. The van der Waals surface area contributed by atoms with E-state index in [2.05, 4.69) is 24.0 Å². The van der Waals surface area contributed by atoms with Crippen molar-refractivity contribution in [3.8, 4) is 0 Å². The average Bonchev–Trinajstić information content (AvgIpc) is 2.91. The van der Waals surface area contributed by atoms with Gasteiger partial charge in [-0.25, -0.2) is 4.39 Å². The number of fused-ring (bicyclic) bond motifs is 1. The molecule has 3 heteroatoms. The van der Waals surface area contributed by atoms with E-state index in [1.807, 2.05) is 24.3 Å². The molecule has 2 N–H and O–H groups in total. The van der Waals surface area contributed by atoms with Gasteiger partial charge in [-0.3, -0.25) is 0 Å². The molecule has 0 spiro atoms. The van der Waals surface area contributed by atoms with Crippen LogP contribution in [0, 0.1) is 5.82 Å². The number of para-hydroxylation sites is 1. The van der Waals surface area contributed by atoms with Crippen LogP contribution in [0.1, 0.15) is 24.5 Å². The summed E-state index contributed by atoms with van der Waals surface area (Å²) in [6.07, 6.45) is 2.60. The lowest BCUT2D eigenvalue weighted by Crippen LogP contribution is -2.21. The number of rotatable bonds is 4. The molecule has 2 nitrogen and oxygen atoms in total. The summed E-state index contributed by atoms with van der Waals surface area (Å²) in [6.45, 7) is 2.89. The SMILES string of the molecule is CCC(N)Cc1ccc(N2CCc3ccccc32)c(F)c1. The summed E-state index contributed by atoms with van der Waals surface area (Å²) in [5.41, 5.74) is 9.98. The molecule has 1 atom stereocenters. The highest BCUT2D eigenvalue weighted by Crippen LogP contribution is 2.35. The molecule has 2 aromatic carbocycles. The molecule has 110 valence electrons. The van der Waals surface area contributed by atoms with Crippen molar-refractivity contribution in [3.63, 3.8) is 0 Å². The third-order valence-electron chi connectivity index (χ3n) is 4.21. The van der Waals surface area contributed by atoms with Crippen LogP contribution in [0.3, 0.4) is 0 Å². The zero-order valence-electron chi connectivity index (χ0n) is 12.3. The second kappa shape index (κ2) is 5.86. The van der Waals surface area contributed by atoms with Gasteiger partial charge in [-0.1, -0.05) is 31.2 Å². The fraction of sp³-hybridized carbons (Fsp3) is 0.333. The quantitative estimate of drug-likeness (QED) is 0.925. The topological polar surface area (TPSA) is 29.3 Å². The van der Waals surface area contributed by atoms with Gasteiger partial charge in [0.2, 0.25) is 0 Å². The standard InChI is InChI=1S/C18H21FN2/c1-2-15(20)11-13-7-8-18(16(19)12-13)21-10-9-14-5-3-4-6-17(14)21/h3-8,12,15H,2,9-11,20H2,1H3. The number of benzene rings is 2. The first kappa shape index (κ1) is 14.1. The first-order valence-corrected chi connectivity index (χ1v) is 7.58. The molecule has 0 bridgehead atoms. The maximum atomic E-state index is 14.5. The zero-order valence-corrected chi connectivity index (χ0v) is 12.3. The van der Waals surface area contributed by atoms with Crippen molar-refractivity contribution in [2.24, 2.45) is 5.73 Å². The third-order valence-corrected chi connectivity index (χ3v) is 4.21. The van der Waals surface area contributed by atoms with Crippen molar-refractivity contribution in [2.45, 2.75) is 32.2 Å². The first-order valence-electron chi connectivity index (χ1n) is 7.58. The van der Waals surface area contributed by atoms with Gasteiger partial charge in [0.25, 0.3) is 0 Å². The van der Waals surface area contributed by atoms with Gasteiger partial charge in [0.05, 0.1) is 5.69 Å². The molecule has 0 saturated heterocycles. The lowest BCUT2D eigenvalue weighted by Gasteiger charge is -2.21. The Balaban J connectivity index is 1.87. The summed E-state index contributed by atoms with van der Waals surface area (Å²) in [5.74, 6) is -0.160. The van der Waals surface area contributed by atoms with Gasteiger partial charge < -0.3 is 10.6 Å². The van der Waals surface area contributed by atoms with Crippen molar-refractivity contribution in [1.29, 1.82) is 0 Å². The lowest BCUT2D eigenvalue weighted by molar-refractivity contribution is 0.613. The summed E-state index contributed by atoms with van der Waals surface area (Å²) >= 11 is 0. The minimum absolute atomic E-state index is 0.0998. The van der Waals surface area contributed by atoms with Crippen molar-refractivity contribution >= 4 is 11.4 Å². The largest absolute Gasteiger partial charge is 0.339 e. The number of nitrogens with zero attached hydrogens (tertiary/aromatic N) is 1. The van der Waals surface area contributed by atoms with E-state index in [-0.39, 0.29) is 11.9 Å². The predicted octanol–water partition coefficient (Wildman–Crippen LogP) is 3.80. The molecule has 1 aliphatic rings. The number of anilines is 2. The Morgan fingerprint density at radius 1 is 1.19 bits per heavy atom.